The minimum absolute atomic E-state index is 0.237. The predicted octanol–water partition coefficient (Wildman–Crippen LogP) is 1.21. The van der Waals surface area contributed by atoms with Crippen molar-refractivity contribution < 1.29 is 14.7 Å². The van der Waals surface area contributed by atoms with Gasteiger partial charge in [-0.15, -0.1) is 0 Å². The van der Waals surface area contributed by atoms with Gasteiger partial charge < -0.3 is 15.7 Å². The van der Waals surface area contributed by atoms with Gasteiger partial charge in [-0.05, 0) is 24.3 Å². The van der Waals surface area contributed by atoms with Crippen molar-refractivity contribution in [3.05, 3.63) is 48.0 Å². The number of carboxylic acid groups (broad SMARTS) is 1. The number of aromatic nitrogens is 1. The molecule has 0 unspecified atom stereocenters. The van der Waals surface area contributed by atoms with E-state index >= 15 is 0 Å². The molecule has 1 saturated heterocycles. The van der Waals surface area contributed by atoms with Crippen LogP contribution < -0.4 is 10.6 Å². The summed E-state index contributed by atoms with van der Waals surface area (Å²) in [6.45, 7) is 3.54. The number of benzene rings is 1. The van der Waals surface area contributed by atoms with E-state index in [2.05, 4.69) is 15.9 Å². The van der Waals surface area contributed by atoms with Crippen LogP contribution in [0.3, 0.4) is 0 Å². The Labute approximate surface area is 174 Å². The van der Waals surface area contributed by atoms with Crippen molar-refractivity contribution in [2.24, 2.45) is 5.73 Å². The Kier molecular flexibility index (Phi) is 6.83. The van der Waals surface area contributed by atoms with Gasteiger partial charge in [0.1, 0.15) is 12.4 Å². The second kappa shape index (κ2) is 9.71. The second-order valence-electron chi connectivity index (χ2n) is 7.07. The average molecular weight is 408 g/mol. The molecule has 2 aromatic rings. The van der Waals surface area contributed by atoms with Crippen molar-refractivity contribution in [1.29, 1.82) is 5.26 Å². The van der Waals surface area contributed by atoms with E-state index in [0.717, 1.165) is 48.2 Å². The third kappa shape index (κ3) is 5.46. The highest BCUT2D eigenvalue weighted by molar-refractivity contribution is 5.80. The summed E-state index contributed by atoms with van der Waals surface area (Å²) in [5, 5.41) is 18.3. The minimum atomic E-state index is -1.14. The lowest BCUT2D eigenvalue weighted by Gasteiger charge is -2.36. The maximum atomic E-state index is 11.2. The smallest absolute Gasteiger partial charge is 0.407 e. The summed E-state index contributed by atoms with van der Waals surface area (Å²) in [4.78, 5) is 32.3. The quantitative estimate of drug-likeness (QED) is 0.705. The number of hydrogen-bond donors (Lipinski definition) is 2. The Balaban J connectivity index is 1.58. The molecule has 3 rings (SSSR count). The van der Waals surface area contributed by atoms with Crippen LogP contribution in [0.1, 0.15) is 5.56 Å². The largest absolute Gasteiger partial charge is 0.465 e. The van der Waals surface area contributed by atoms with Crippen LogP contribution in [-0.2, 0) is 4.79 Å². The van der Waals surface area contributed by atoms with Crippen molar-refractivity contribution in [2.45, 2.75) is 0 Å². The molecule has 1 aliphatic heterocycles. The van der Waals surface area contributed by atoms with E-state index in [1.807, 2.05) is 36.4 Å². The fourth-order valence-electron chi connectivity index (χ4n) is 3.40. The van der Waals surface area contributed by atoms with E-state index in [9.17, 15) is 9.59 Å². The van der Waals surface area contributed by atoms with E-state index in [1.165, 1.54) is 0 Å². The van der Waals surface area contributed by atoms with Crippen molar-refractivity contribution in [3.8, 4) is 17.3 Å². The summed E-state index contributed by atoms with van der Waals surface area (Å²) >= 11 is 0. The van der Waals surface area contributed by atoms with E-state index in [-0.39, 0.29) is 13.1 Å². The normalized spacial score (nSPS) is 14.2. The fraction of sp³-hybridized carbons (Fsp3) is 0.333. The number of anilines is 1. The SMILES string of the molecule is N#Cc1cccc(-c2cccc(N3CCN(CCN(CC(N)=O)C(=O)O)CC3)n2)c1. The second-order valence-corrected chi connectivity index (χ2v) is 7.07. The molecule has 9 nitrogen and oxygen atoms in total. The monoisotopic (exact) mass is 408 g/mol. The average Bonchev–Trinajstić information content (AvgIpc) is 2.76. The lowest BCUT2D eigenvalue weighted by molar-refractivity contribution is -0.118. The highest BCUT2D eigenvalue weighted by atomic mass is 16.4. The third-order valence-corrected chi connectivity index (χ3v) is 5.02. The first-order valence-electron chi connectivity index (χ1n) is 9.67. The van der Waals surface area contributed by atoms with Gasteiger partial charge in [0, 0.05) is 44.8 Å². The summed E-state index contributed by atoms with van der Waals surface area (Å²) in [6.07, 6.45) is -1.14. The van der Waals surface area contributed by atoms with Crippen molar-refractivity contribution in [2.75, 3.05) is 50.7 Å². The molecular formula is C21H24N6O3. The molecule has 1 fully saturated rings. The number of nitriles is 1. The summed E-state index contributed by atoms with van der Waals surface area (Å²) in [7, 11) is 0. The Morgan fingerprint density at radius 2 is 1.90 bits per heavy atom. The number of hydrogen-bond acceptors (Lipinski definition) is 6. The molecule has 0 atom stereocenters. The van der Waals surface area contributed by atoms with Crippen LogP contribution in [0.5, 0.6) is 0 Å². The molecule has 30 heavy (non-hydrogen) atoms. The molecule has 156 valence electrons. The minimum Gasteiger partial charge on any atom is -0.465 e. The zero-order valence-electron chi connectivity index (χ0n) is 16.6. The predicted molar refractivity (Wildman–Crippen MR) is 112 cm³/mol. The van der Waals surface area contributed by atoms with Crippen LogP contribution >= 0.6 is 0 Å². The van der Waals surface area contributed by atoms with E-state index < -0.39 is 12.0 Å². The van der Waals surface area contributed by atoms with Crippen molar-refractivity contribution in [3.63, 3.8) is 0 Å². The standard InChI is InChI=1S/C21H24N6O3/c22-14-16-3-1-4-17(13-16)18-5-2-6-20(24-18)26-10-7-25(8-11-26)9-12-27(21(29)30)15-19(23)28/h1-6,13H,7-12,15H2,(H2,23,28)(H,29,30). The molecule has 0 bridgehead atoms. The first kappa shape index (κ1) is 21.1. The number of amides is 2. The Morgan fingerprint density at radius 1 is 1.17 bits per heavy atom. The van der Waals surface area contributed by atoms with E-state index in [1.54, 1.807) is 6.07 Å². The maximum Gasteiger partial charge on any atom is 0.407 e. The first-order valence-corrected chi connectivity index (χ1v) is 9.67. The third-order valence-electron chi connectivity index (χ3n) is 5.02. The molecular weight excluding hydrogens is 384 g/mol. The topological polar surface area (TPSA) is 127 Å². The lowest BCUT2D eigenvalue weighted by atomic mass is 10.1. The molecule has 1 aromatic carbocycles. The van der Waals surface area contributed by atoms with Crippen LogP contribution in [0.25, 0.3) is 11.3 Å². The lowest BCUT2D eigenvalue weighted by Crippen LogP contribution is -2.49. The van der Waals surface area contributed by atoms with Gasteiger partial charge in [-0.1, -0.05) is 18.2 Å². The Morgan fingerprint density at radius 3 is 2.57 bits per heavy atom. The fourth-order valence-corrected chi connectivity index (χ4v) is 3.40. The van der Waals surface area contributed by atoms with Gasteiger partial charge in [0.15, 0.2) is 0 Å². The molecule has 9 heteroatoms. The number of nitrogens with two attached hydrogens (primary N) is 1. The molecule has 2 heterocycles. The number of pyridine rings is 1. The van der Waals surface area contributed by atoms with Crippen LogP contribution in [0.2, 0.25) is 0 Å². The zero-order valence-corrected chi connectivity index (χ0v) is 16.6. The van der Waals surface area contributed by atoms with Crippen LogP contribution in [0.15, 0.2) is 42.5 Å². The number of piperazine rings is 1. The van der Waals surface area contributed by atoms with E-state index in [4.69, 9.17) is 21.1 Å². The van der Waals surface area contributed by atoms with Crippen LogP contribution in [0, 0.1) is 11.3 Å². The van der Waals surface area contributed by atoms with Gasteiger partial charge in [0.05, 0.1) is 17.3 Å². The number of nitrogens with zero attached hydrogens (tertiary/aromatic N) is 5. The molecule has 0 spiro atoms. The van der Waals surface area contributed by atoms with Gasteiger partial charge in [0.25, 0.3) is 0 Å². The van der Waals surface area contributed by atoms with Gasteiger partial charge >= 0.3 is 6.09 Å². The number of carbonyl (C=O) groups excluding carboxylic acids is 1. The summed E-state index contributed by atoms with van der Waals surface area (Å²) in [6, 6.07) is 15.4. The molecule has 2 amide bonds. The molecule has 0 radical (unpaired) electrons. The van der Waals surface area contributed by atoms with E-state index in [0.29, 0.717) is 12.1 Å². The molecule has 0 aliphatic carbocycles. The van der Waals surface area contributed by atoms with Gasteiger partial charge in [-0.25, -0.2) is 9.78 Å². The Bertz CT molecular complexity index is 950. The number of primary amides is 1. The summed E-state index contributed by atoms with van der Waals surface area (Å²) in [5.74, 6) is 0.212. The summed E-state index contributed by atoms with van der Waals surface area (Å²) in [5.41, 5.74) is 7.42. The molecule has 3 N–H and O–H groups in total. The highest BCUT2D eigenvalue weighted by Crippen LogP contribution is 2.22. The number of carbonyl (C=O) groups is 2. The maximum absolute atomic E-state index is 11.2. The molecule has 1 aromatic heterocycles. The van der Waals surface area contributed by atoms with Crippen LogP contribution in [-0.4, -0.2) is 77.7 Å². The molecule has 0 saturated carbocycles. The zero-order chi connectivity index (χ0) is 21.5. The van der Waals surface area contributed by atoms with Crippen molar-refractivity contribution in [1.82, 2.24) is 14.8 Å². The highest BCUT2D eigenvalue weighted by Gasteiger charge is 2.21. The van der Waals surface area contributed by atoms with Gasteiger partial charge in [0.2, 0.25) is 5.91 Å². The van der Waals surface area contributed by atoms with Crippen molar-refractivity contribution >= 4 is 17.8 Å². The van der Waals surface area contributed by atoms with Gasteiger partial charge in [-0.3, -0.25) is 14.6 Å². The van der Waals surface area contributed by atoms with Crippen LogP contribution in [0.4, 0.5) is 10.6 Å². The molecule has 1 aliphatic rings. The Hall–Kier alpha value is -3.64. The summed E-state index contributed by atoms with van der Waals surface area (Å²) < 4.78 is 0. The van der Waals surface area contributed by atoms with Gasteiger partial charge in [-0.2, -0.15) is 5.26 Å². The number of rotatable bonds is 7. The first-order chi connectivity index (χ1) is 14.5.